The summed E-state index contributed by atoms with van der Waals surface area (Å²) in [6.45, 7) is 0.556. The van der Waals surface area contributed by atoms with E-state index in [1.54, 1.807) is 25.3 Å². The lowest BCUT2D eigenvalue weighted by Gasteiger charge is -2.17. The van der Waals surface area contributed by atoms with Gasteiger partial charge in [-0.15, -0.1) is 12.8 Å². The van der Waals surface area contributed by atoms with Crippen molar-refractivity contribution in [1.82, 2.24) is 5.32 Å². The van der Waals surface area contributed by atoms with Gasteiger partial charge in [-0.25, -0.2) is 4.39 Å². The molecule has 2 aromatic carbocycles. The summed E-state index contributed by atoms with van der Waals surface area (Å²) in [5.74, 6) is 5.28. The second-order valence-corrected chi connectivity index (χ2v) is 6.35. The molecule has 0 fully saturated rings. The maximum absolute atomic E-state index is 13.1. The molecule has 2 rings (SSSR count). The fourth-order valence-electron chi connectivity index (χ4n) is 2.76. The normalized spacial score (nSPS) is 11.1. The van der Waals surface area contributed by atoms with Crippen molar-refractivity contribution < 1.29 is 23.4 Å². The molecule has 0 spiro atoms. The third kappa shape index (κ3) is 7.16. The van der Waals surface area contributed by atoms with Crippen LogP contribution in [0.2, 0.25) is 0 Å². The molecule has 5 nitrogen and oxygen atoms in total. The summed E-state index contributed by atoms with van der Waals surface area (Å²) < 4.78 is 29.3. The van der Waals surface area contributed by atoms with E-state index in [0.717, 1.165) is 11.1 Å². The highest BCUT2D eigenvalue weighted by Crippen LogP contribution is 2.28. The van der Waals surface area contributed by atoms with Crippen LogP contribution in [0.3, 0.4) is 0 Å². The van der Waals surface area contributed by atoms with Gasteiger partial charge < -0.3 is 19.5 Å². The lowest BCUT2D eigenvalue weighted by molar-refractivity contribution is -0.131. The summed E-state index contributed by atoms with van der Waals surface area (Å²) in [4.78, 5) is 12.6. The number of methoxy groups -OCH3 is 1. The Labute approximate surface area is 176 Å². The van der Waals surface area contributed by atoms with Crippen molar-refractivity contribution in [3.8, 4) is 36.2 Å². The maximum atomic E-state index is 13.1. The molecule has 0 aromatic heterocycles. The lowest BCUT2D eigenvalue weighted by atomic mass is 10.1. The number of halogens is 1. The number of benzene rings is 2. The highest BCUT2D eigenvalue weighted by atomic mass is 19.1. The number of terminal acetylenes is 2. The molecule has 2 aromatic rings. The van der Waals surface area contributed by atoms with Crippen molar-refractivity contribution in [2.75, 3.05) is 26.9 Å². The Hall–Kier alpha value is -3.48. The Kier molecular flexibility index (Phi) is 9.24. The summed E-state index contributed by atoms with van der Waals surface area (Å²) in [6.07, 6.45) is 10.6. The molecule has 0 bridgehead atoms. The van der Waals surface area contributed by atoms with E-state index in [1.165, 1.54) is 12.1 Å². The molecule has 0 unspecified atom stereocenters. The van der Waals surface area contributed by atoms with Crippen LogP contribution in [-0.4, -0.2) is 38.9 Å². The van der Waals surface area contributed by atoms with Crippen molar-refractivity contribution >= 4 is 5.91 Å². The smallest absolute Gasteiger partial charge is 0.249 e. The minimum absolute atomic E-state index is 0.00952. The van der Waals surface area contributed by atoms with Crippen LogP contribution >= 0.6 is 0 Å². The molecule has 0 aliphatic carbocycles. The number of rotatable bonds is 11. The molecule has 1 amide bonds. The third-order valence-corrected chi connectivity index (χ3v) is 4.25. The molecule has 0 heterocycles. The van der Waals surface area contributed by atoms with E-state index in [-0.39, 0.29) is 24.9 Å². The summed E-state index contributed by atoms with van der Waals surface area (Å²) in [6, 6.07) is 11.4. The van der Waals surface area contributed by atoms with Crippen molar-refractivity contribution in [3.63, 3.8) is 0 Å². The van der Waals surface area contributed by atoms with Gasteiger partial charge >= 0.3 is 0 Å². The molecule has 0 saturated carbocycles. The third-order valence-electron chi connectivity index (χ3n) is 4.25. The molecule has 30 heavy (non-hydrogen) atoms. The van der Waals surface area contributed by atoms with Crippen LogP contribution in [0.5, 0.6) is 11.5 Å². The fourth-order valence-corrected chi connectivity index (χ4v) is 2.76. The first-order chi connectivity index (χ1) is 14.6. The summed E-state index contributed by atoms with van der Waals surface area (Å²) in [5.41, 5.74) is 1.74. The zero-order valence-corrected chi connectivity index (χ0v) is 16.8. The van der Waals surface area contributed by atoms with Crippen LogP contribution in [-0.2, 0) is 22.4 Å². The van der Waals surface area contributed by atoms with E-state index in [4.69, 9.17) is 27.1 Å². The standard InChI is InChI=1S/C24H24FNO4/c1-4-14-29-21-11-8-19(16-22(21)28-3)12-13-26-24(27)23(30-15-5-2)17-18-6-9-20(25)10-7-18/h1-2,6-11,16,23H,12-15,17H2,3H3,(H,26,27)/t23-/m1/s1. The van der Waals surface area contributed by atoms with Crippen LogP contribution in [0.15, 0.2) is 42.5 Å². The average Bonchev–Trinajstić information content (AvgIpc) is 2.76. The van der Waals surface area contributed by atoms with Crippen LogP contribution in [0, 0.1) is 30.5 Å². The van der Waals surface area contributed by atoms with Gasteiger partial charge in [0.25, 0.3) is 0 Å². The van der Waals surface area contributed by atoms with Gasteiger partial charge in [-0.1, -0.05) is 30.0 Å². The van der Waals surface area contributed by atoms with E-state index >= 15 is 0 Å². The lowest BCUT2D eigenvalue weighted by Crippen LogP contribution is -2.39. The van der Waals surface area contributed by atoms with Gasteiger partial charge in [-0.05, 0) is 41.8 Å². The largest absolute Gasteiger partial charge is 0.493 e. The Morgan fingerprint density at radius 2 is 1.77 bits per heavy atom. The Morgan fingerprint density at radius 1 is 1.07 bits per heavy atom. The molecule has 0 aliphatic heterocycles. The zero-order valence-electron chi connectivity index (χ0n) is 16.8. The van der Waals surface area contributed by atoms with Gasteiger partial charge in [0.2, 0.25) is 5.91 Å². The highest BCUT2D eigenvalue weighted by molar-refractivity contribution is 5.81. The number of hydrogen-bond acceptors (Lipinski definition) is 4. The quantitative estimate of drug-likeness (QED) is 0.580. The summed E-state index contributed by atoms with van der Waals surface area (Å²) in [7, 11) is 1.55. The number of carbonyl (C=O) groups is 1. The van der Waals surface area contributed by atoms with Crippen molar-refractivity contribution in [3.05, 3.63) is 59.4 Å². The van der Waals surface area contributed by atoms with Crippen LogP contribution in [0.1, 0.15) is 11.1 Å². The van der Waals surface area contributed by atoms with E-state index in [0.29, 0.717) is 30.9 Å². The fraction of sp³-hybridized carbons (Fsp3) is 0.292. The predicted octanol–water partition coefficient (Wildman–Crippen LogP) is 2.77. The number of carbonyl (C=O) groups excluding carboxylic acids is 1. The minimum atomic E-state index is -0.763. The Morgan fingerprint density at radius 3 is 2.43 bits per heavy atom. The number of amides is 1. The second kappa shape index (κ2) is 12.2. The number of ether oxygens (including phenoxy) is 3. The summed E-state index contributed by atoms with van der Waals surface area (Å²) >= 11 is 0. The van der Waals surface area contributed by atoms with Gasteiger partial charge in [-0.3, -0.25) is 4.79 Å². The molecule has 156 valence electrons. The zero-order chi connectivity index (χ0) is 21.8. The predicted molar refractivity (Wildman–Crippen MR) is 113 cm³/mol. The topological polar surface area (TPSA) is 56.8 Å². The molecule has 1 N–H and O–H groups in total. The van der Waals surface area contributed by atoms with Gasteiger partial charge in [0.1, 0.15) is 25.1 Å². The first-order valence-corrected chi connectivity index (χ1v) is 9.37. The van der Waals surface area contributed by atoms with E-state index in [1.807, 2.05) is 12.1 Å². The van der Waals surface area contributed by atoms with Crippen molar-refractivity contribution in [2.24, 2.45) is 0 Å². The summed E-state index contributed by atoms with van der Waals surface area (Å²) in [5, 5.41) is 2.85. The second-order valence-electron chi connectivity index (χ2n) is 6.35. The van der Waals surface area contributed by atoms with Crippen LogP contribution in [0.25, 0.3) is 0 Å². The van der Waals surface area contributed by atoms with Gasteiger partial charge in [0.05, 0.1) is 7.11 Å². The first kappa shape index (κ1) is 22.8. The molecule has 6 heteroatoms. The molecule has 1 atom stereocenters. The van der Waals surface area contributed by atoms with Gasteiger partial charge in [-0.2, -0.15) is 0 Å². The van der Waals surface area contributed by atoms with E-state index < -0.39 is 6.10 Å². The van der Waals surface area contributed by atoms with E-state index in [2.05, 4.69) is 17.2 Å². The average molecular weight is 409 g/mol. The van der Waals surface area contributed by atoms with Gasteiger partial charge in [0.15, 0.2) is 11.5 Å². The molecular weight excluding hydrogens is 385 g/mol. The van der Waals surface area contributed by atoms with E-state index in [9.17, 15) is 9.18 Å². The monoisotopic (exact) mass is 409 g/mol. The highest BCUT2D eigenvalue weighted by Gasteiger charge is 2.19. The minimum Gasteiger partial charge on any atom is -0.493 e. The van der Waals surface area contributed by atoms with Crippen molar-refractivity contribution in [1.29, 1.82) is 0 Å². The SMILES string of the molecule is C#CCOc1ccc(CCNC(=O)[C@@H](Cc2ccc(F)cc2)OCC#C)cc1OC. The molecule has 0 radical (unpaired) electrons. The van der Waals surface area contributed by atoms with Crippen LogP contribution < -0.4 is 14.8 Å². The first-order valence-electron chi connectivity index (χ1n) is 9.37. The van der Waals surface area contributed by atoms with Gasteiger partial charge in [0, 0.05) is 13.0 Å². The number of hydrogen-bond donors (Lipinski definition) is 1. The molecule has 0 aliphatic rings. The molecule has 0 saturated heterocycles. The molecular formula is C24H24FNO4. The Balaban J connectivity index is 1.93. The van der Waals surface area contributed by atoms with Crippen LogP contribution in [0.4, 0.5) is 4.39 Å². The van der Waals surface area contributed by atoms with Crippen molar-refractivity contribution in [2.45, 2.75) is 18.9 Å². The number of nitrogens with one attached hydrogen (secondary N) is 1. The maximum Gasteiger partial charge on any atom is 0.249 e. The Bertz CT molecular complexity index is 912.